The molecule has 1 aliphatic rings. The lowest BCUT2D eigenvalue weighted by molar-refractivity contribution is 0.0651. The van der Waals surface area contributed by atoms with E-state index in [2.05, 4.69) is 30.1 Å². The summed E-state index contributed by atoms with van der Waals surface area (Å²) in [5.74, 6) is 0. The molecule has 1 aliphatic carbocycles. The predicted molar refractivity (Wildman–Crippen MR) is 83.0 cm³/mol. The van der Waals surface area contributed by atoms with Gasteiger partial charge < -0.3 is 15.4 Å². The number of hydrogen-bond donors (Lipinski definition) is 2. The van der Waals surface area contributed by atoms with Crippen molar-refractivity contribution in [3.05, 3.63) is 53.6 Å². The van der Waals surface area contributed by atoms with E-state index in [1.807, 2.05) is 10.6 Å². The minimum atomic E-state index is -0.619. The van der Waals surface area contributed by atoms with Crippen LogP contribution in [0.4, 0.5) is 0 Å². The Morgan fingerprint density at radius 3 is 3.00 bits per heavy atom. The molecule has 4 heteroatoms. The molecule has 1 heterocycles. The maximum atomic E-state index is 11.1. The van der Waals surface area contributed by atoms with E-state index in [-0.39, 0.29) is 0 Å². The second-order valence-corrected chi connectivity index (χ2v) is 5.88. The summed E-state index contributed by atoms with van der Waals surface area (Å²) in [5.41, 5.74) is 9.14. The molecule has 0 fully saturated rings. The van der Waals surface area contributed by atoms with E-state index in [4.69, 9.17) is 5.73 Å². The first-order valence-corrected chi connectivity index (χ1v) is 7.69. The molecule has 0 amide bonds. The SMILES string of the molecule is CCn1cncc1C(O)C1(CN)CCCc2ccccc21. The molecule has 0 radical (unpaired) electrons. The molecular weight excluding hydrogens is 262 g/mol. The largest absolute Gasteiger partial charge is 0.386 e. The molecule has 0 spiro atoms. The van der Waals surface area contributed by atoms with Crippen molar-refractivity contribution in [2.75, 3.05) is 6.54 Å². The van der Waals surface area contributed by atoms with Crippen LogP contribution in [0.25, 0.3) is 0 Å². The van der Waals surface area contributed by atoms with Gasteiger partial charge in [-0.15, -0.1) is 0 Å². The molecule has 112 valence electrons. The average molecular weight is 285 g/mol. The average Bonchev–Trinajstić information content (AvgIpc) is 3.02. The minimum Gasteiger partial charge on any atom is -0.386 e. The van der Waals surface area contributed by atoms with Crippen molar-refractivity contribution in [3.63, 3.8) is 0 Å². The van der Waals surface area contributed by atoms with Gasteiger partial charge in [-0.3, -0.25) is 0 Å². The second-order valence-electron chi connectivity index (χ2n) is 5.88. The van der Waals surface area contributed by atoms with Crippen molar-refractivity contribution in [1.29, 1.82) is 0 Å². The highest BCUT2D eigenvalue weighted by Crippen LogP contribution is 2.45. The monoisotopic (exact) mass is 285 g/mol. The van der Waals surface area contributed by atoms with Crippen molar-refractivity contribution in [2.24, 2.45) is 5.73 Å². The zero-order valence-electron chi connectivity index (χ0n) is 12.5. The zero-order valence-corrected chi connectivity index (χ0v) is 12.5. The predicted octanol–water partition coefficient (Wildman–Crippen LogP) is 2.17. The maximum Gasteiger partial charge on any atom is 0.106 e. The van der Waals surface area contributed by atoms with Gasteiger partial charge in [0.15, 0.2) is 0 Å². The van der Waals surface area contributed by atoms with Gasteiger partial charge in [-0.1, -0.05) is 24.3 Å². The van der Waals surface area contributed by atoms with E-state index in [1.54, 1.807) is 12.5 Å². The first-order valence-electron chi connectivity index (χ1n) is 7.69. The van der Waals surface area contributed by atoms with Crippen molar-refractivity contribution in [1.82, 2.24) is 9.55 Å². The molecule has 4 nitrogen and oxygen atoms in total. The van der Waals surface area contributed by atoms with Gasteiger partial charge in [0.2, 0.25) is 0 Å². The second kappa shape index (κ2) is 5.62. The third kappa shape index (κ3) is 2.19. The molecule has 0 saturated heterocycles. The fourth-order valence-corrected chi connectivity index (χ4v) is 3.67. The van der Waals surface area contributed by atoms with Gasteiger partial charge in [-0.05, 0) is 37.3 Å². The number of nitrogens with zero attached hydrogens (tertiary/aromatic N) is 2. The Bertz CT molecular complexity index is 622. The number of nitrogens with two attached hydrogens (primary N) is 1. The van der Waals surface area contributed by atoms with Gasteiger partial charge >= 0.3 is 0 Å². The van der Waals surface area contributed by atoms with Crippen LogP contribution in [-0.4, -0.2) is 21.2 Å². The molecule has 21 heavy (non-hydrogen) atoms. The molecule has 1 aromatic carbocycles. The minimum absolute atomic E-state index is 0.401. The molecule has 0 bridgehead atoms. The molecule has 0 saturated carbocycles. The lowest BCUT2D eigenvalue weighted by Gasteiger charge is -2.42. The van der Waals surface area contributed by atoms with E-state index >= 15 is 0 Å². The fourth-order valence-electron chi connectivity index (χ4n) is 3.67. The molecule has 1 aromatic heterocycles. The van der Waals surface area contributed by atoms with Crippen molar-refractivity contribution in [3.8, 4) is 0 Å². The Balaban J connectivity index is 2.09. The molecule has 0 aliphatic heterocycles. The van der Waals surface area contributed by atoms with Crippen LogP contribution < -0.4 is 5.73 Å². The van der Waals surface area contributed by atoms with Gasteiger partial charge in [-0.25, -0.2) is 4.98 Å². The number of imidazole rings is 1. The number of benzene rings is 1. The van der Waals surface area contributed by atoms with Crippen LogP contribution in [0, 0.1) is 0 Å². The van der Waals surface area contributed by atoms with Crippen LogP contribution in [-0.2, 0) is 18.4 Å². The number of rotatable bonds is 4. The first-order chi connectivity index (χ1) is 10.2. The summed E-state index contributed by atoms with van der Waals surface area (Å²) in [4.78, 5) is 4.19. The number of aryl methyl sites for hydroxylation is 2. The number of aliphatic hydroxyl groups excluding tert-OH is 1. The van der Waals surface area contributed by atoms with Crippen LogP contribution >= 0.6 is 0 Å². The van der Waals surface area contributed by atoms with Crippen LogP contribution in [0.15, 0.2) is 36.8 Å². The molecule has 3 rings (SSSR count). The summed E-state index contributed by atoms with van der Waals surface area (Å²) in [6.07, 6.45) is 5.96. The molecule has 2 atom stereocenters. The van der Waals surface area contributed by atoms with Crippen LogP contribution in [0.3, 0.4) is 0 Å². The van der Waals surface area contributed by atoms with Crippen molar-refractivity contribution < 1.29 is 5.11 Å². The number of aromatic nitrogens is 2. The van der Waals surface area contributed by atoms with Gasteiger partial charge in [0, 0.05) is 18.5 Å². The highest BCUT2D eigenvalue weighted by molar-refractivity contribution is 5.39. The van der Waals surface area contributed by atoms with Crippen molar-refractivity contribution >= 4 is 0 Å². The molecular formula is C17H23N3O. The van der Waals surface area contributed by atoms with Crippen LogP contribution in [0.1, 0.15) is 42.7 Å². The number of aliphatic hydroxyl groups is 1. The highest BCUT2D eigenvalue weighted by Gasteiger charge is 2.43. The normalized spacial score (nSPS) is 22.8. The van der Waals surface area contributed by atoms with E-state index in [0.717, 1.165) is 31.5 Å². The summed E-state index contributed by atoms with van der Waals surface area (Å²) in [5, 5.41) is 11.1. The number of hydrogen-bond acceptors (Lipinski definition) is 3. The third-order valence-electron chi connectivity index (χ3n) is 4.88. The lowest BCUT2D eigenvalue weighted by atomic mass is 9.66. The van der Waals surface area contributed by atoms with E-state index in [9.17, 15) is 5.11 Å². The highest BCUT2D eigenvalue weighted by atomic mass is 16.3. The topological polar surface area (TPSA) is 64.1 Å². The third-order valence-corrected chi connectivity index (χ3v) is 4.88. The first kappa shape index (κ1) is 14.3. The van der Waals surface area contributed by atoms with Gasteiger partial charge in [-0.2, -0.15) is 0 Å². The Hall–Kier alpha value is -1.65. The van der Waals surface area contributed by atoms with E-state index in [0.29, 0.717) is 6.54 Å². The summed E-state index contributed by atoms with van der Waals surface area (Å²) in [6, 6.07) is 8.38. The van der Waals surface area contributed by atoms with Gasteiger partial charge in [0.25, 0.3) is 0 Å². The Labute approximate surface area is 125 Å². The summed E-state index contributed by atoms with van der Waals surface area (Å²) >= 11 is 0. The van der Waals surface area contributed by atoms with Crippen LogP contribution in [0.5, 0.6) is 0 Å². The molecule has 3 N–H and O–H groups in total. The maximum absolute atomic E-state index is 11.1. The Morgan fingerprint density at radius 1 is 1.43 bits per heavy atom. The smallest absolute Gasteiger partial charge is 0.106 e. The zero-order chi connectivity index (χ0) is 14.9. The van der Waals surface area contributed by atoms with Gasteiger partial charge in [0.1, 0.15) is 6.10 Å². The van der Waals surface area contributed by atoms with E-state index in [1.165, 1.54) is 11.1 Å². The molecule has 2 unspecified atom stereocenters. The molecule has 2 aromatic rings. The van der Waals surface area contributed by atoms with Crippen LogP contribution in [0.2, 0.25) is 0 Å². The summed E-state index contributed by atoms with van der Waals surface area (Å²) in [7, 11) is 0. The Kier molecular flexibility index (Phi) is 3.83. The summed E-state index contributed by atoms with van der Waals surface area (Å²) < 4.78 is 2.00. The van der Waals surface area contributed by atoms with E-state index < -0.39 is 11.5 Å². The van der Waals surface area contributed by atoms with Gasteiger partial charge in [0.05, 0.1) is 18.2 Å². The Morgan fingerprint density at radius 2 is 2.24 bits per heavy atom. The quantitative estimate of drug-likeness (QED) is 0.905. The summed E-state index contributed by atoms with van der Waals surface area (Å²) in [6.45, 7) is 3.30. The fraction of sp³-hybridized carbons (Fsp3) is 0.471. The lowest BCUT2D eigenvalue weighted by Crippen LogP contribution is -2.44. The standard InChI is InChI=1S/C17H23N3O/c1-2-20-12-19-10-15(20)16(21)17(11-18)9-5-7-13-6-3-4-8-14(13)17/h3-4,6,8,10,12,16,21H,2,5,7,9,11,18H2,1H3. The number of fused-ring (bicyclic) bond motifs is 1. The van der Waals surface area contributed by atoms with Crippen molar-refractivity contribution in [2.45, 2.75) is 44.2 Å².